The fourth-order valence-electron chi connectivity index (χ4n) is 3.24. The molecular weight excluding hydrogens is 394 g/mol. The second-order valence-electron chi connectivity index (χ2n) is 7.52. The SMILES string of the molecule is Cc1ccc(CCC(=O)NCCOC(=O)CCn2cnc3c(C)cccc3c2=O)cc1. The highest BCUT2D eigenvalue weighted by Gasteiger charge is 2.09. The molecule has 0 aliphatic heterocycles. The van der Waals surface area contributed by atoms with Crippen molar-refractivity contribution in [1.29, 1.82) is 0 Å². The Kier molecular flexibility index (Phi) is 7.54. The smallest absolute Gasteiger partial charge is 0.307 e. The lowest BCUT2D eigenvalue weighted by Gasteiger charge is -2.09. The van der Waals surface area contributed by atoms with Crippen molar-refractivity contribution in [2.24, 2.45) is 0 Å². The Morgan fingerprint density at radius 3 is 2.61 bits per heavy atom. The highest BCUT2D eigenvalue weighted by molar-refractivity contribution is 5.80. The van der Waals surface area contributed by atoms with Gasteiger partial charge in [-0.1, -0.05) is 42.0 Å². The number of carbonyl (C=O) groups is 2. The normalized spacial score (nSPS) is 10.8. The number of carbonyl (C=O) groups excluding carboxylic acids is 2. The molecule has 0 spiro atoms. The van der Waals surface area contributed by atoms with Gasteiger partial charge in [-0.05, 0) is 37.5 Å². The third kappa shape index (κ3) is 6.25. The number of aryl methyl sites for hydroxylation is 4. The van der Waals surface area contributed by atoms with Crippen LogP contribution in [0.15, 0.2) is 53.6 Å². The molecule has 1 heterocycles. The van der Waals surface area contributed by atoms with Crippen molar-refractivity contribution in [2.75, 3.05) is 13.2 Å². The molecule has 0 unspecified atom stereocenters. The predicted octanol–water partition coefficient (Wildman–Crippen LogP) is 2.70. The zero-order valence-corrected chi connectivity index (χ0v) is 17.9. The summed E-state index contributed by atoms with van der Waals surface area (Å²) in [5, 5.41) is 3.28. The number of esters is 1. The molecule has 162 valence electrons. The van der Waals surface area contributed by atoms with Gasteiger partial charge in [0, 0.05) is 13.0 Å². The van der Waals surface area contributed by atoms with Crippen molar-refractivity contribution in [2.45, 2.75) is 39.7 Å². The molecule has 0 saturated carbocycles. The first-order valence-corrected chi connectivity index (χ1v) is 10.4. The third-order valence-corrected chi connectivity index (χ3v) is 5.06. The van der Waals surface area contributed by atoms with E-state index in [9.17, 15) is 14.4 Å². The van der Waals surface area contributed by atoms with E-state index in [1.807, 2.05) is 50.2 Å². The fourth-order valence-corrected chi connectivity index (χ4v) is 3.24. The Labute approximate surface area is 181 Å². The summed E-state index contributed by atoms with van der Waals surface area (Å²) in [4.78, 5) is 40.7. The number of aromatic nitrogens is 2. The summed E-state index contributed by atoms with van der Waals surface area (Å²) in [6.45, 7) is 4.47. The highest BCUT2D eigenvalue weighted by Crippen LogP contribution is 2.11. The van der Waals surface area contributed by atoms with Crippen LogP contribution < -0.4 is 10.9 Å². The number of rotatable bonds is 9. The fraction of sp³-hybridized carbons (Fsp3) is 0.333. The number of para-hydroxylation sites is 1. The second-order valence-corrected chi connectivity index (χ2v) is 7.52. The Morgan fingerprint density at radius 2 is 1.84 bits per heavy atom. The number of hydrogen-bond acceptors (Lipinski definition) is 5. The minimum atomic E-state index is -0.426. The Morgan fingerprint density at radius 1 is 1.06 bits per heavy atom. The molecule has 0 radical (unpaired) electrons. The quantitative estimate of drug-likeness (QED) is 0.424. The van der Waals surface area contributed by atoms with Crippen molar-refractivity contribution < 1.29 is 14.3 Å². The molecule has 31 heavy (non-hydrogen) atoms. The van der Waals surface area contributed by atoms with E-state index < -0.39 is 5.97 Å². The Bertz CT molecular complexity index is 1120. The van der Waals surface area contributed by atoms with E-state index in [1.54, 1.807) is 6.07 Å². The molecule has 0 atom stereocenters. The average molecular weight is 421 g/mol. The molecule has 1 amide bonds. The number of nitrogens with one attached hydrogen (secondary N) is 1. The lowest BCUT2D eigenvalue weighted by molar-refractivity contribution is -0.144. The number of hydrogen-bond donors (Lipinski definition) is 1. The third-order valence-electron chi connectivity index (χ3n) is 5.06. The summed E-state index contributed by atoms with van der Waals surface area (Å²) in [7, 11) is 0. The van der Waals surface area contributed by atoms with Crippen LogP contribution in [0.1, 0.15) is 29.5 Å². The van der Waals surface area contributed by atoms with Gasteiger partial charge >= 0.3 is 5.97 Å². The summed E-state index contributed by atoms with van der Waals surface area (Å²) >= 11 is 0. The molecule has 2 aromatic carbocycles. The maximum absolute atomic E-state index is 12.5. The van der Waals surface area contributed by atoms with E-state index in [0.29, 0.717) is 23.7 Å². The number of fused-ring (bicyclic) bond motifs is 1. The van der Waals surface area contributed by atoms with Crippen LogP contribution in [0, 0.1) is 13.8 Å². The zero-order chi connectivity index (χ0) is 22.2. The van der Waals surface area contributed by atoms with Crippen molar-refractivity contribution in [3.05, 3.63) is 75.8 Å². The minimum Gasteiger partial charge on any atom is -0.464 e. The lowest BCUT2D eigenvalue weighted by Crippen LogP contribution is -2.28. The molecule has 3 aromatic rings. The molecule has 7 heteroatoms. The zero-order valence-electron chi connectivity index (χ0n) is 17.9. The van der Waals surface area contributed by atoms with Gasteiger partial charge < -0.3 is 10.1 Å². The first-order valence-electron chi connectivity index (χ1n) is 10.4. The van der Waals surface area contributed by atoms with Gasteiger partial charge in [-0.3, -0.25) is 19.0 Å². The topological polar surface area (TPSA) is 90.3 Å². The maximum atomic E-state index is 12.5. The van der Waals surface area contributed by atoms with E-state index in [1.165, 1.54) is 16.5 Å². The number of ether oxygens (including phenoxy) is 1. The summed E-state index contributed by atoms with van der Waals surface area (Å²) < 4.78 is 6.56. The molecule has 0 fully saturated rings. The van der Waals surface area contributed by atoms with Crippen LogP contribution in [0.25, 0.3) is 10.9 Å². The van der Waals surface area contributed by atoms with Gasteiger partial charge in [0.25, 0.3) is 5.56 Å². The van der Waals surface area contributed by atoms with Gasteiger partial charge in [-0.25, -0.2) is 4.98 Å². The van der Waals surface area contributed by atoms with Crippen LogP contribution in [-0.2, 0) is 27.3 Å². The van der Waals surface area contributed by atoms with E-state index >= 15 is 0 Å². The number of benzene rings is 2. The van der Waals surface area contributed by atoms with Gasteiger partial charge in [-0.15, -0.1) is 0 Å². The van der Waals surface area contributed by atoms with E-state index in [2.05, 4.69) is 10.3 Å². The Hall–Kier alpha value is -3.48. The van der Waals surface area contributed by atoms with Gasteiger partial charge in [0.1, 0.15) is 6.61 Å². The lowest BCUT2D eigenvalue weighted by atomic mass is 10.1. The maximum Gasteiger partial charge on any atom is 0.307 e. The summed E-state index contributed by atoms with van der Waals surface area (Å²) in [6, 6.07) is 13.5. The molecule has 0 bridgehead atoms. The largest absolute Gasteiger partial charge is 0.464 e. The standard InChI is InChI=1S/C24H27N3O4/c1-17-6-8-19(9-7-17)10-11-21(28)25-13-15-31-22(29)12-14-27-16-26-23-18(2)4-3-5-20(23)24(27)30/h3-9,16H,10-15H2,1-2H3,(H,25,28). The number of nitrogens with zero attached hydrogens (tertiary/aromatic N) is 2. The van der Waals surface area contributed by atoms with Gasteiger partial charge in [-0.2, -0.15) is 0 Å². The van der Waals surface area contributed by atoms with E-state index in [-0.39, 0.29) is 37.6 Å². The van der Waals surface area contributed by atoms with Crippen LogP contribution in [0.4, 0.5) is 0 Å². The monoisotopic (exact) mass is 421 g/mol. The van der Waals surface area contributed by atoms with Crippen molar-refractivity contribution in [3.63, 3.8) is 0 Å². The van der Waals surface area contributed by atoms with Crippen molar-refractivity contribution in [3.8, 4) is 0 Å². The van der Waals surface area contributed by atoms with Crippen molar-refractivity contribution in [1.82, 2.24) is 14.9 Å². The average Bonchev–Trinajstić information content (AvgIpc) is 2.76. The van der Waals surface area contributed by atoms with Gasteiger partial charge in [0.15, 0.2) is 0 Å². The molecule has 0 saturated heterocycles. The van der Waals surface area contributed by atoms with Crippen LogP contribution in [0.3, 0.4) is 0 Å². The molecule has 3 rings (SSSR count). The molecule has 1 aromatic heterocycles. The van der Waals surface area contributed by atoms with Crippen LogP contribution in [0.2, 0.25) is 0 Å². The molecular formula is C24H27N3O4. The first kappa shape index (κ1) is 22.2. The summed E-state index contributed by atoms with van der Waals surface area (Å²) in [5.74, 6) is -0.508. The molecule has 7 nitrogen and oxygen atoms in total. The minimum absolute atomic E-state index is 0.0558. The first-order chi connectivity index (χ1) is 14.9. The van der Waals surface area contributed by atoms with Crippen LogP contribution in [-0.4, -0.2) is 34.6 Å². The van der Waals surface area contributed by atoms with Gasteiger partial charge in [0.05, 0.1) is 30.2 Å². The Balaban J connectivity index is 1.36. The molecule has 1 N–H and O–H groups in total. The van der Waals surface area contributed by atoms with Gasteiger partial charge in [0.2, 0.25) is 5.91 Å². The van der Waals surface area contributed by atoms with E-state index in [4.69, 9.17) is 4.74 Å². The summed E-state index contributed by atoms with van der Waals surface area (Å²) in [6.07, 6.45) is 2.56. The predicted molar refractivity (Wildman–Crippen MR) is 119 cm³/mol. The second kappa shape index (κ2) is 10.5. The number of amides is 1. The highest BCUT2D eigenvalue weighted by atomic mass is 16.5. The van der Waals surface area contributed by atoms with Crippen LogP contribution in [0.5, 0.6) is 0 Å². The molecule has 0 aliphatic rings. The van der Waals surface area contributed by atoms with E-state index in [0.717, 1.165) is 11.1 Å². The van der Waals surface area contributed by atoms with Crippen molar-refractivity contribution >= 4 is 22.8 Å². The van der Waals surface area contributed by atoms with Crippen LogP contribution >= 0.6 is 0 Å². The summed E-state index contributed by atoms with van der Waals surface area (Å²) in [5.41, 5.74) is 3.72. The molecule has 0 aliphatic carbocycles.